The molecule has 13 rings (SSSR count). The Hall–Kier alpha value is -7.54. The summed E-state index contributed by atoms with van der Waals surface area (Å²) in [6.45, 7) is 12.0. The minimum atomic E-state index is -0.194. The third kappa shape index (κ3) is 6.42. The van der Waals surface area contributed by atoms with E-state index in [-0.39, 0.29) is 10.8 Å². The fourth-order valence-corrected chi connectivity index (χ4v) is 13.0. The van der Waals surface area contributed by atoms with Crippen LogP contribution < -0.4 is 0 Å². The first-order valence-electron chi connectivity index (χ1n) is 25.7. The summed E-state index contributed by atoms with van der Waals surface area (Å²) in [5.74, 6) is 0. The van der Waals surface area contributed by atoms with Gasteiger partial charge in [0, 0.05) is 10.8 Å². The summed E-state index contributed by atoms with van der Waals surface area (Å²) in [7, 11) is 0. The second-order valence-electron chi connectivity index (χ2n) is 21.3. The van der Waals surface area contributed by atoms with E-state index in [9.17, 15) is 0 Å². The Labute approximate surface area is 413 Å². The molecular formula is C70H58. The zero-order valence-electron chi connectivity index (χ0n) is 41.1. The lowest BCUT2D eigenvalue weighted by Crippen LogP contribution is -2.16. The molecule has 2 aliphatic carbocycles. The van der Waals surface area contributed by atoms with Crippen molar-refractivity contribution < 1.29 is 0 Å². The molecule has 0 saturated carbocycles. The Kier molecular flexibility index (Phi) is 9.90. The van der Waals surface area contributed by atoms with E-state index in [2.05, 4.69) is 235 Å². The van der Waals surface area contributed by atoms with Crippen LogP contribution >= 0.6 is 0 Å². The number of hydrogen-bond acceptors (Lipinski definition) is 0. The molecule has 0 heteroatoms. The molecule has 0 saturated heterocycles. The molecule has 70 heavy (non-hydrogen) atoms. The Morgan fingerprint density at radius 1 is 0.286 bits per heavy atom. The van der Waals surface area contributed by atoms with Crippen molar-refractivity contribution in [1.82, 2.24) is 0 Å². The number of aryl methyl sites for hydroxylation is 1. The number of rotatable bonds is 9. The molecular weight excluding hydrogens is 841 g/mol. The highest BCUT2D eigenvalue weighted by atomic mass is 14.4. The highest BCUT2D eigenvalue weighted by molar-refractivity contribution is 6.30. The highest BCUT2D eigenvalue weighted by Crippen LogP contribution is 2.55. The maximum atomic E-state index is 2.52. The lowest BCUT2D eigenvalue weighted by molar-refractivity contribution is 0.652. The van der Waals surface area contributed by atoms with Crippen LogP contribution in [0, 0.1) is 0 Å². The van der Waals surface area contributed by atoms with Gasteiger partial charge in [0.15, 0.2) is 0 Å². The predicted octanol–water partition coefficient (Wildman–Crippen LogP) is 19.7. The van der Waals surface area contributed by atoms with Gasteiger partial charge in [-0.05, 0) is 169 Å². The zero-order valence-corrected chi connectivity index (χ0v) is 41.1. The van der Waals surface area contributed by atoms with E-state index < -0.39 is 0 Å². The second kappa shape index (κ2) is 16.3. The summed E-state index contributed by atoms with van der Waals surface area (Å²) in [5.41, 5.74) is 22.7. The first-order chi connectivity index (χ1) is 34.2. The van der Waals surface area contributed by atoms with Gasteiger partial charge in [-0.3, -0.25) is 0 Å². The molecule has 0 heterocycles. The van der Waals surface area contributed by atoms with Gasteiger partial charge in [0.2, 0.25) is 0 Å². The van der Waals surface area contributed by atoms with Gasteiger partial charge >= 0.3 is 0 Å². The molecule has 11 aromatic carbocycles. The molecule has 0 atom stereocenters. The van der Waals surface area contributed by atoms with Crippen LogP contribution in [0.15, 0.2) is 200 Å². The van der Waals surface area contributed by atoms with Gasteiger partial charge in [-0.25, -0.2) is 0 Å². The van der Waals surface area contributed by atoms with E-state index >= 15 is 0 Å². The minimum absolute atomic E-state index is 0.0517. The van der Waals surface area contributed by atoms with E-state index in [0.717, 1.165) is 0 Å². The molecule has 0 spiro atoms. The van der Waals surface area contributed by atoms with Crippen molar-refractivity contribution in [2.45, 2.75) is 77.6 Å². The van der Waals surface area contributed by atoms with E-state index in [1.807, 2.05) is 0 Å². The van der Waals surface area contributed by atoms with Crippen molar-refractivity contribution in [3.63, 3.8) is 0 Å². The fraction of sp³-hybridized carbons (Fsp3) is 0.171. The van der Waals surface area contributed by atoms with Crippen LogP contribution in [0.2, 0.25) is 0 Å². The fourth-order valence-electron chi connectivity index (χ4n) is 13.0. The van der Waals surface area contributed by atoms with Crippen molar-refractivity contribution in [3.8, 4) is 66.8 Å². The van der Waals surface area contributed by atoms with Gasteiger partial charge in [0.25, 0.3) is 0 Å². The maximum absolute atomic E-state index is 2.52. The first kappa shape index (κ1) is 42.6. The third-order valence-electron chi connectivity index (χ3n) is 16.5. The summed E-state index contributed by atoms with van der Waals surface area (Å²) in [6, 6.07) is 76.4. The number of benzene rings is 11. The number of unbranched alkanes of at least 4 members (excludes halogenated alkanes) is 3. The SMILES string of the molecule is CCCCCCc1ccc2c(c1)C(C)(C)c1cc(-c3ccc4c(c3)C(C)(C)c3cc(-c5c6ccccc6c(-c6c7ccccc7c(-c7ccccc7)c7ccccc67)c6ccccc56)ccc3-4)ccc1-2. The molecule has 0 aliphatic heterocycles. The van der Waals surface area contributed by atoms with Gasteiger partial charge in [-0.2, -0.15) is 0 Å². The summed E-state index contributed by atoms with van der Waals surface area (Å²) >= 11 is 0. The standard InChI is InChI=1S/C70H58/c1-6-7-8-10-21-44-32-36-49-50-37-33-46(41-62(50)69(2,3)61(49)40-44)47-34-38-51-52-39-35-48(43-64(52)70(4,5)63(51)42-47)66-55-26-15-19-30-59(55)68(60-31-20-16-27-56(60)66)67-57-28-17-13-24-53(57)65(45-22-11-9-12-23-45)54-25-14-18-29-58(54)67/h9,11-20,22-43H,6-8,10,21H2,1-5H3. The molecule has 0 N–H and O–H groups in total. The lowest BCUT2D eigenvalue weighted by Gasteiger charge is -2.24. The minimum Gasteiger partial charge on any atom is -0.0654 e. The van der Waals surface area contributed by atoms with E-state index in [1.165, 1.54) is 170 Å². The Morgan fingerprint density at radius 3 is 1.06 bits per heavy atom. The Balaban J connectivity index is 0.919. The van der Waals surface area contributed by atoms with Gasteiger partial charge in [-0.1, -0.05) is 236 Å². The Bertz CT molecular complexity index is 3800. The largest absolute Gasteiger partial charge is 0.0654 e. The van der Waals surface area contributed by atoms with Crippen LogP contribution in [0.25, 0.3) is 110 Å². The molecule has 0 amide bonds. The molecule has 0 aromatic heterocycles. The average molecular weight is 899 g/mol. The van der Waals surface area contributed by atoms with Crippen LogP contribution in [-0.2, 0) is 17.3 Å². The molecule has 2 aliphatic rings. The molecule has 338 valence electrons. The molecule has 0 nitrogen and oxygen atoms in total. The number of fused-ring (bicyclic) bond motifs is 10. The molecule has 0 fully saturated rings. The molecule has 0 radical (unpaired) electrons. The van der Waals surface area contributed by atoms with Gasteiger partial charge in [-0.15, -0.1) is 0 Å². The van der Waals surface area contributed by atoms with Crippen LogP contribution in [0.4, 0.5) is 0 Å². The van der Waals surface area contributed by atoms with Crippen molar-refractivity contribution >= 4 is 43.1 Å². The molecule has 0 unspecified atom stereocenters. The van der Waals surface area contributed by atoms with Crippen LogP contribution in [0.1, 0.15) is 88.1 Å². The third-order valence-corrected chi connectivity index (χ3v) is 16.5. The van der Waals surface area contributed by atoms with Gasteiger partial charge in [0.05, 0.1) is 0 Å². The van der Waals surface area contributed by atoms with Crippen molar-refractivity contribution in [2.75, 3.05) is 0 Å². The van der Waals surface area contributed by atoms with Crippen LogP contribution in [0.5, 0.6) is 0 Å². The van der Waals surface area contributed by atoms with Crippen molar-refractivity contribution in [2.24, 2.45) is 0 Å². The van der Waals surface area contributed by atoms with Gasteiger partial charge < -0.3 is 0 Å². The first-order valence-corrected chi connectivity index (χ1v) is 25.7. The highest BCUT2D eigenvalue weighted by Gasteiger charge is 2.38. The molecule has 11 aromatic rings. The Morgan fingerprint density at radius 2 is 0.629 bits per heavy atom. The lowest BCUT2D eigenvalue weighted by atomic mass is 9.79. The summed E-state index contributed by atoms with van der Waals surface area (Å²) in [6.07, 6.45) is 6.35. The zero-order chi connectivity index (χ0) is 47.3. The summed E-state index contributed by atoms with van der Waals surface area (Å²) in [4.78, 5) is 0. The van der Waals surface area contributed by atoms with Crippen LogP contribution in [0.3, 0.4) is 0 Å². The smallest absolute Gasteiger partial charge is 0.0159 e. The quantitative estimate of drug-likeness (QED) is 0.100. The van der Waals surface area contributed by atoms with Crippen LogP contribution in [-0.4, -0.2) is 0 Å². The van der Waals surface area contributed by atoms with Gasteiger partial charge in [0.1, 0.15) is 0 Å². The van der Waals surface area contributed by atoms with Crippen molar-refractivity contribution in [1.29, 1.82) is 0 Å². The second-order valence-corrected chi connectivity index (χ2v) is 21.3. The van der Waals surface area contributed by atoms with E-state index in [0.29, 0.717) is 0 Å². The maximum Gasteiger partial charge on any atom is 0.0159 e. The predicted molar refractivity (Wildman–Crippen MR) is 301 cm³/mol. The topological polar surface area (TPSA) is 0 Å². The summed E-state index contributed by atoms with van der Waals surface area (Å²) < 4.78 is 0. The number of hydrogen-bond donors (Lipinski definition) is 0. The van der Waals surface area contributed by atoms with E-state index in [1.54, 1.807) is 0 Å². The van der Waals surface area contributed by atoms with Crippen molar-refractivity contribution in [3.05, 3.63) is 228 Å². The normalized spacial score (nSPS) is 14.0. The monoisotopic (exact) mass is 898 g/mol. The summed E-state index contributed by atoms with van der Waals surface area (Å²) in [5, 5.41) is 10.2. The average Bonchev–Trinajstić information content (AvgIpc) is 3.76. The van der Waals surface area contributed by atoms with E-state index in [4.69, 9.17) is 0 Å². The molecule has 0 bridgehead atoms.